The van der Waals surface area contributed by atoms with Gasteiger partial charge in [-0.25, -0.2) is 4.39 Å². The summed E-state index contributed by atoms with van der Waals surface area (Å²) in [6.07, 6.45) is 3.81. The first-order valence-corrected chi connectivity index (χ1v) is 10.3. The number of rotatable bonds is 6. The molecule has 0 spiro atoms. The summed E-state index contributed by atoms with van der Waals surface area (Å²) >= 11 is 0. The minimum absolute atomic E-state index is 0.0175. The number of hydrogen-bond acceptors (Lipinski definition) is 6. The third-order valence-electron chi connectivity index (χ3n) is 5.79. The molecular formula is C23H24FN3O4. The molecule has 1 aromatic heterocycles. The molecule has 8 heteroatoms. The number of carbonyl (C=O) groups excluding carboxylic acids is 2. The standard InChI is InChI=1S/C23H24FN3O4/c1-31-18-8-7-15(14-16(18)24)21(28)19-20(17-6-2-3-9-25-17)27(23(30)22(19)29)13-12-26-10-4-5-11-26/h2-3,6-9,14,20,28H,4-5,10-13H2,1H3/b21-19+. The lowest BCUT2D eigenvalue weighted by atomic mass is 9.98. The highest BCUT2D eigenvalue weighted by molar-refractivity contribution is 6.46. The van der Waals surface area contributed by atoms with E-state index in [-0.39, 0.29) is 16.9 Å². The molecule has 2 fully saturated rings. The lowest BCUT2D eigenvalue weighted by Gasteiger charge is -2.26. The SMILES string of the molecule is COc1ccc(/C(O)=C2\C(=O)C(=O)N(CCN3CCCC3)C2c2ccccn2)cc1F. The number of likely N-dealkylation sites (tertiary alicyclic amines) is 2. The fraction of sp³-hybridized carbons (Fsp3) is 0.348. The average molecular weight is 425 g/mol. The number of hydrogen-bond donors (Lipinski definition) is 1. The van der Waals surface area contributed by atoms with Crippen molar-refractivity contribution in [2.45, 2.75) is 18.9 Å². The Hall–Kier alpha value is -3.26. The number of Topliss-reactive ketones (excluding diaryl/α,β-unsaturated/α-hetero) is 1. The monoisotopic (exact) mass is 425 g/mol. The van der Waals surface area contributed by atoms with Crippen molar-refractivity contribution in [2.24, 2.45) is 0 Å². The molecule has 162 valence electrons. The van der Waals surface area contributed by atoms with Gasteiger partial charge in [-0.15, -0.1) is 0 Å². The highest BCUT2D eigenvalue weighted by Gasteiger charge is 2.46. The van der Waals surface area contributed by atoms with E-state index < -0.39 is 29.3 Å². The molecule has 0 saturated carbocycles. The second-order valence-corrected chi connectivity index (χ2v) is 7.65. The van der Waals surface area contributed by atoms with E-state index in [1.807, 2.05) is 0 Å². The molecule has 0 radical (unpaired) electrons. The third kappa shape index (κ3) is 4.03. The zero-order valence-electron chi connectivity index (χ0n) is 17.3. The van der Waals surface area contributed by atoms with Gasteiger partial charge in [0.1, 0.15) is 11.8 Å². The maximum Gasteiger partial charge on any atom is 0.295 e. The number of ether oxygens (including phenoxy) is 1. The van der Waals surface area contributed by atoms with Crippen LogP contribution in [0.4, 0.5) is 4.39 Å². The fourth-order valence-corrected chi connectivity index (χ4v) is 4.18. The smallest absolute Gasteiger partial charge is 0.295 e. The summed E-state index contributed by atoms with van der Waals surface area (Å²) in [5.74, 6) is -2.58. The second-order valence-electron chi connectivity index (χ2n) is 7.65. The van der Waals surface area contributed by atoms with Gasteiger partial charge in [0.25, 0.3) is 11.7 Å². The maximum absolute atomic E-state index is 14.2. The van der Waals surface area contributed by atoms with Crippen molar-refractivity contribution in [1.29, 1.82) is 0 Å². The summed E-state index contributed by atoms with van der Waals surface area (Å²) in [7, 11) is 1.34. The Bertz CT molecular complexity index is 1020. The van der Waals surface area contributed by atoms with Gasteiger partial charge in [0.15, 0.2) is 11.6 Å². The third-order valence-corrected chi connectivity index (χ3v) is 5.79. The normalized spacial score (nSPS) is 21.1. The number of aliphatic hydroxyl groups is 1. The summed E-state index contributed by atoms with van der Waals surface area (Å²) in [4.78, 5) is 33.9. The van der Waals surface area contributed by atoms with Crippen molar-refractivity contribution in [3.8, 4) is 5.75 Å². The average Bonchev–Trinajstić information content (AvgIpc) is 3.39. The van der Waals surface area contributed by atoms with E-state index in [2.05, 4.69) is 9.88 Å². The van der Waals surface area contributed by atoms with Gasteiger partial charge in [0, 0.05) is 24.8 Å². The van der Waals surface area contributed by atoms with Gasteiger partial charge in [-0.05, 0) is 56.3 Å². The Morgan fingerprint density at radius 3 is 2.61 bits per heavy atom. The van der Waals surface area contributed by atoms with E-state index in [4.69, 9.17) is 4.74 Å². The van der Waals surface area contributed by atoms with Crippen LogP contribution in [0, 0.1) is 5.82 Å². The number of nitrogens with zero attached hydrogens (tertiary/aromatic N) is 3. The molecule has 0 bridgehead atoms. The summed E-state index contributed by atoms with van der Waals surface area (Å²) in [5, 5.41) is 11.0. The van der Waals surface area contributed by atoms with E-state index >= 15 is 0 Å². The molecule has 1 atom stereocenters. The molecule has 1 amide bonds. The van der Waals surface area contributed by atoms with Crippen molar-refractivity contribution in [3.63, 3.8) is 0 Å². The van der Waals surface area contributed by atoms with E-state index in [1.165, 1.54) is 24.1 Å². The van der Waals surface area contributed by atoms with Crippen LogP contribution >= 0.6 is 0 Å². The van der Waals surface area contributed by atoms with Gasteiger partial charge < -0.3 is 19.6 Å². The van der Waals surface area contributed by atoms with E-state index in [1.54, 1.807) is 24.4 Å². The number of methoxy groups -OCH3 is 1. The van der Waals surface area contributed by atoms with Crippen LogP contribution in [0.1, 0.15) is 30.1 Å². The summed E-state index contributed by atoms with van der Waals surface area (Å²) in [6, 6.07) is 8.26. The Labute approximate surface area is 179 Å². The number of amides is 1. The van der Waals surface area contributed by atoms with Gasteiger partial charge in [-0.2, -0.15) is 0 Å². The van der Waals surface area contributed by atoms with Gasteiger partial charge >= 0.3 is 0 Å². The van der Waals surface area contributed by atoms with E-state index in [0.717, 1.165) is 32.0 Å². The molecule has 31 heavy (non-hydrogen) atoms. The van der Waals surface area contributed by atoms with E-state index in [0.29, 0.717) is 18.8 Å². The van der Waals surface area contributed by atoms with Crippen LogP contribution in [-0.2, 0) is 9.59 Å². The van der Waals surface area contributed by atoms with Crippen molar-refractivity contribution >= 4 is 17.4 Å². The highest BCUT2D eigenvalue weighted by Crippen LogP contribution is 2.38. The zero-order valence-corrected chi connectivity index (χ0v) is 17.3. The number of benzene rings is 1. The number of aliphatic hydroxyl groups excluding tert-OH is 1. The molecule has 0 aliphatic carbocycles. The van der Waals surface area contributed by atoms with Crippen LogP contribution in [0.15, 0.2) is 48.2 Å². The summed E-state index contributed by atoms with van der Waals surface area (Å²) in [6.45, 7) is 2.89. The van der Waals surface area contributed by atoms with Crippen LogP contribution < -0.4 is 4.74 Å². The number of ketones is 1. The molecule has 1 unspecified atom stereocenters. The van der Waals surface area contributed by atoms with Crippen LogP contribution in [0.5, 0.6) is 5.75 Å². The molecule has 7 nitrogen and oxygen atoms in total. The van der Waals surface area contributed by atoms with Gasteiger partial charge in [0.2, 0.25) is 0 Å². The largest absolute Gasteiger partial charge is 0.507 e. The summed E-state index contributed by atoms with van der Waals surface area (Å²) < 4.78 is 19.1. The van der Waals surface area contributed by atoms with Gasteiger partial charge in [0.05, 0.1) is 18.4 Å². The van der Waals surface area contributed by atoms with Gasteiger partial charge in [-0.3, -0.25) is 14.6 Å². The molecule has 2 aromatic rings. The quantitative estimate of drug-likeness (QED) is 0.435. The zero-order chi connectivity index (χ0) is 22.0. The number of halogens is 1. The van der Waals surface area contributed by atoms with Crippen molar-refractivity contribution in [1.82, 2.24) is 14.8 Å². The Kier molecular flexibility index (Phi) is 5.99. The minimum Gasteiger partial charge on any atom is -0.507 e. The lowest BCUT2D eigenvalue weighted by Crippen LogP contribution is -2.37. The van der Waals surface area contributed by atoms with Crippen LogP contribution in [0.2, 0.25) is 0 Å². The van der Waals surface area contributed by atoms with Crippen molar-refractivity contribution in [2.75, 3.05) is 33.3 Å². The Morgan fingerprint density at radius 1 is 1.19 bits per heavy atom. The predicted molar refractivity (Wildman–Crippen MR) is 112 cm³/mol. The molecule has 3 heterocycles. The molecule has 2 aliphatic heterocycles. The number of aromatic nitrogens is 1. The summed E-state index contributed by atoms with van der Waals surface area (Å²) in [5.41, 5.74) is 0.477. The molecule has 4 rings (SSSR count). The van der Waals surface area contributed by atoms with Crippen molar-refractivity contribution in [3.05, 3.63) is 65.2 Å². The Morgan fingerprint density at radius 2 is 1.97 bits per heavy atom. The van der Waals surface area contributed by atoms with E-state index in [9.17, 15) is 19.1 Å². The first-order chi connectivity index (χ1) is 15.0. The molecule has 2 saturated heterocycles. The van der Waals surface area contributed by atoms with Gasteiger partial charge in [-0.1, -0.05) is 6.07 Å². The first kappa shape index (κ1) is 21.0. The van der Waals surface area contributed by atoms with Crippen LogP contribution in [0.3, 0.4) is 0 Å². The Balaban J connectivity index is 1.75. The molecule has 2 aliphatic rings. The number of carbonyl (C=O) groups is 2. The van der Waals surface area contributed by atoms with Crippen LogP contribution in [-0.4, -0.2) is 64.9 Å². The molecular weight excluding hydrogens is 401 g/mol. The maximum atomic E-state index is 14.2. The van der Waals surface area contributed by atoms with Crippen molar-refractivity contribution < 1.29 is 23.8 Å². The predicted octanol–water partition coefficient (Wildman–Crippen LogP) is 2.75. The van der Waals surface area contributed by atoms with Crippen LogP contribution in [0.25, 0.3) is 5.76 Å². The highest BCUT2D eigenvalue weighted by atomic mass is 19.1. The minimum atomic E-state index is -0.839. The number of pyridine rings is 1. The first-order valence-electron chi connectivity index (χ1n) is 10.3. The topological polar surface area (TPSA) is 83.0 Å². The molecule has 1 aromatic carbocycles. The second kappa shape index (κ2) is 8.85. The fourth-order valence-electron chi connectivity index (χ4n) is 4.18. The molecule has 1 N–H and O–H groups in total. The lowest BCUT2D eigenvalue weighted by molar-refractivity contribution is -0.140.